The van der Waals surface area contributed by atoms with Gasteiger partial charge in [-0.2, -0.15) is 0 Å². The molecule has 0 unspecified atom stereocenters. The van der Waals surface area contributed by atoms with Crippen LogP contribution >= 0.6 is 11.6 Å². The van der Waals surface area contributed by atoms with Crippen molar-refractivity contribution in [1.82, 2.24) is 19.8 Å². The van der Waals surface area contributed by atoms with Crippen LogP contribution in [0, 0.1) is 6.92 Å². The zero-order valence-corrected chi connectivity index (χ0v) is 14.7. The monoisotopic (exact) mass is 346 g/mol. The van der Waals surface area contributed by atoms with Crippen LogP contribution in [0.1, 0.15) is 29.8 Å². The molecule has 6 heteroatoms. The van der Waals surface area contributed by atoms with E-state index < -0.39 is 0 Å². The molecule has 0 spiro atoms. The number of hydrogen-bond acceptors (Lipinski definition) is 2. The summed E-state index contributed by atoms with van der Waals surface area (Å²) in [5.41, 5.74) is 2.44. The van der Waals surface area contributed by atoms with Gasteiger partial charge in [-0.05, 0) is 49.4 Å². The Kier molecular flexibility index (Phi) is 5.41. The fourth-order valence-corrected chi connectivity index (χ4v) is 3.24. The van der Waals surface area contributed by atoms with E-state index in [2.05, 4.69) is 14.9 Å². The molecule has 1 aromatic carbocycles. The lowest BCUT2D eigenvalue weighted by atomic mass is 10.0. The average molecular weight is 347 g/mol. The van der Waals surface area contributed by atoms with Crippen LogP contribution in [-0.2, 0) is 19.5 Å². The summed E-state index contributed by atoms with van der Waals surface area (Å²) in [5.74, 6) is 1.03. The smallest absolute Gasteiger partial charge is 0.317 e. The van der Waals surface area contributed by atoms with Crippen LogP contribution in [0.25, 0.3) is 0 Å². The number of amides is 2. The number of carbonyl (C=O) groups is 1. The second kappa shape index (κ2) is 7.71. The Hall–Kier alpha value is -2.01. The minimum atomic E-state index is 0.0226. The number of carbonyl (C=O) groups excluding carboxylic acids is 1. The fourth-order valence-electron chi connectivity index (χ4n) is 3.05. The van der Waals surface area contributed by atoms with Crippen molar-refractivity contribution in [2.75, 3.05) is 13.1 Å². The summed E-state index contributed by atoms with van der Waals surface area (Å²) < 4.78 is 2.13. The number of unbranched alkanes of at least 4 members (excludes halogenated alkanes) is 1. The van der Waals surface area contributed by atoms with Crippen LogP contribution in [-0.4, -0.2) is 33.6 Å². The highest BCUT2D eigenvalue weighted by molar-refractivity contribution is 6.30. The van der Waals surface area contributed by atoms with E-state index in [4.69, 9.17) is 11.6 Å². The molecular formula is C18H23ClN4O. The Morgan fingerprint density at radius 3 is 3.00 bits per heavy atom. The number of imidazole rings is 1. The minimum Gasteiger partial charge on any atom is -0.338 e. The van der Waals surface area contributed by atoms with Crippen molar-refractivity contribution < 1.29 is 4.79 Å². The van der Waals surface area contributed by atoms with Gasteiger partial charge in [-0.1, -0.05) is 17.7 Å². The van der Waals surface area contributed by atoms with E-state index in [0.29, 0.717) is 13.1 Å². The van der Waals surface area contributed by atoms with Crippen molar-refractivity contribution in [3.8, 4) is 0 Å². The number of halogens is 1. The molecule has 2 aromatic rings. The molecule has 128 valence electrons. The van der Waals surface area contributed by atoms with E-state index in [9.17, 15) is 4.79 Å². The highest BCUT2D eigenvalue weighted by Gasteiger charge is 2.20. The van der Waals surface area contributed by atoms with Gasteiger partial charge in [-0.3, -0.25) is 0 Å². The average Bonchev–Trinajstić information content (AvgIpc) is 2.99. The number of benzene rings is 1. The molecule has 1 N–H and O–H groups in total. The molecule has 0 aliphatic carbocycles. The number of fused-ring (bicyclic) bond motifs is 1. The summed E-state index contributed by atoms with van der Waals surface area (Å²) in [5, 5.41) is 3.79. The van der Waals surface area contributed by atoms with Crippen molar-refractivity contribution in [2.45, 2.75) is 39.3 Å². The standard InChI is InChI=1S/C18H23ClN4O/c1-14-20-8-11-22(14)9-3-2-7-21-18(24)23-10-6-15-12-17(19)5-4-16(15)13-23/h4-5,8,11-12H,2-3,6-7,9-10,13H2,1H3,(H,21,24). The quantitative estimate of drug-likeness (QED) is 0.844. The number of hydrogen-bond donors (Lipinski definition) is 1. The largest absolute Gasteiger partial charge is 0.338 e. The van der Waals surface area contributed by atoms with Gasteiger partial charge in [0.2, 0.25) is 0 Å². The number of nitrogens with zero attached hydrogens (tertiary/aromatic N) is 3. The Morgan fingerprint density at radius 2 is 2.21 bits per heavy atom. The first-order valence-electron chi connectivity index (χ1n) is 8.41. The summed E-state index contributed by atoms with van der Waals surface area (Å²) in [6.45, 7) is 5.05. The predicted molar refractivity (Wildman–Crippen MR) is 95.2 cm³/mol. The molecule has 1 aliphatic heterocycles. The van der Waals surface area contributed by atoms with Crippen LogP contribution < -0.4 is 5.32 Å². The number of nitrogens with one attached hydrogen (secondary N) is 1. The van der Waals surface area contributed by atoms with Crippen LogP contribution in [0.2, 0.25) is 5.02 Å². The molecule has 0 saturated heterocycles. The molecule has 0 bridgehead atoms. The van der Waals surface area contributed by atoms with Gasteiger partial charge in [0.05, 0.1) is 0 Å². The van der Waals surface area contributed by atoms with Gasteiger partial charge >= 0.3 is 6.03 Å². The first-order valence-corrected chi connectivity index (χ1v) is 8.79. The van der Waals surface area contributed by atoms with E-state index in [1.54, 1.807) is 0 Å². The van der Waals surface area contributed by atoms with Gasteiger partial charge in [0.1, 0.15) is 5.82 Å². The minimum absolute atomic E-state index is 0.0226. The van der Waals surface area contributed by atoms with E-state index >= 15 is 0 Å². The third-order valence-corrected chi connectivity index (χ3v) is 4.73. The van der Waals surface area contributed by atoms with Crippen molar-refractivity contribution >= 4 is 17.6 Å². The Bertz CT molecular complexity index is 713. The number of aryl methyl sites for hydroxylation is 2. The molecule has 0 radical (unpaired) electrons. The molecule has 0 fully saturated rings. The first kappa shape index (κ1) is 16.8. The zero-order valence-electron chi connectivity index (χ0n) is 14.0. The van der Waals surface area contributed by atoms with Crippen LogP contribution in [0.15, 0.2) is 30.6 Å². The SMILES string of the molecule is Cc1nccn1CCCCNC(=O)N1CCc2cc(Cl)ccc2C1. The number of urea groups is 1. The molecule has 1 aromatic heterocycles. The summed E-state index contributed by atoms with van der Waals surface area (Å²) in [6, 6.07) is 5.93. The number of aromatic nitrogens is 2. The molecule has 24 heavy (non-hydrogen) atoms. The molecular weight excluding hydrogens is 324 g/mol. The highest BCUT2D eigenvalue weighted by atomic mass is 35.5. The third kappa shape index (κ3) is 4.09. The van der Waals surface area contributed by atoms with E-state index in [1.807, 2.05) is 42.4 Å². The lowest BCUT2D eigenvalue weighted by Crippen LogP contribution is -2.43. The van der Waals surface area contributed by atoms with Gasteiger partial charge in [0, 0.05) is 43.6 Å². The Labute approximate surface area is 147 Å². The van der Waals surface area contributed by atoms with Crippen molar-refractivity contribution in [3.63, 3.8) is 0 Å². The lowest BCUT2D eigenvalue weighted by Gasteiger charge is -2.29. The van der Waals surface area contributed by atoms with Crippen molar-refractivity contribution in [1.29, 1.82) is 0 Å². The first-order chi connectivity index (χ1) is 11.6. The maximum atomic E-state index is 12.3. The molecule has 0 saturated carbocycles. The summed E-state index contributed by atoms with van der Waals surface area (Å²) in [7, 11) is 0. The topological polar surface area (TPSA) is 50.2 Å². The van der Waals surface area contributed by atoms with Gasteiger partial charge in [0.15, 0.2) is 0 Å². The summed E-state index contributed by atoms with van der Waals surface area (Å²) >= 11 is 6.02. The molecule has 5 nitrogen and oxygen atoms in total. The fraction of sp³-hybridized carbons (Fsp3) is 0.444. The molecule has 1 aliphatic rings. The van der Waals surface area contributed by atoms with Crippen LogP contribution in [0.4, 0.5) is 4.79 Å². The molecule has 0 atom stereocenters. The maximum Gasteiger partial charge on any atom is 0.317 e. The van der Waals surface area contributed by atoms with Crippen molar-refractivity contribution in [3.05, 3.63) is 52.6 Å². The Balaban J connectivity index is 1.40. The summed E-state index contributed by atoms with van der Waals surface area (Å²) in [6.07, 6.45) is 6.66. The highest BCUT2D eigenvalue weighted by Crippen LogP contribution is 2.22. The van der Waals surface area contributed by atoms with Gasteiger partial charge in [0.25, 0.3) is 0 Å². The molecule has 2 amide bonds. The van der Waals surface area contributed by atoms with E-state index in [0.717, 1.165) is 43.2 Å². The van der Waals surface area contributed by atoms with Gasteiger partial charge in [-0.25, -0.2) is 9.78 Å². The second-order valence-electron chi connectivity index (χ2n) is 6.19. The van der Waals surface area contributed by atoms with Crippen LogP contribution in [0.5, 0.6) is 0 Å². The molecule has 3 rings (SSSR count). The Morgan fingerprint density at radius 1 is 1.33 bits per heavy atom. The third-order valence-electron chi connectivity index (χ3n) is 4.49. The predicted octanol–water partition coefficient (Wildman–Crippen LogP) is 3.39. The molecule has 2 heterocycles. The number of rotatable bonds is 5. The van der Waals surface area contributed by atoms with E-state index in [1.165, 1.54) is 11.1 Å². The normalized spacial score (nSPS) is 13.7. The van der Waals surface area contributed by atoms with Crippen LogP contribution in [0.3, 0.4) is 0 Å². The second-order valence-corrected chi connectivity index (χ2v) is 6.63. The van der Waals surface area contributed by atoms with Crippen molar-refractivity contribution in [2.24, 2.45) is 0 Å². The maximum absolute atomic E-state index is 12.3. The summed E-state index contributed by atoms with van der Waals surface area (Å²) in [4.78, 5) is 18.4. The van der Waals surface area contributed by atoms with Gasteiger partial charge < -0.3 is 14.8 Å². The van der Waals surface area contributed by atoms with Gasteiger partial charge in [-0.15, -0.1) is 0 Å². The zero-order chi connectivity index (χ0) is 16.9. The van der Waals surface area contributed by atoms with E-state index in [-0.39, 0.29) is 6.03 Å². The lowest BCUT2D eigenvalue weighted by molar-refractivity contribution is 0.192.